The van der Waals surface area contributed by atoms with Gasteiger partial charge in [0.2, 0.25) is 0 Å². The number of alkyl halides is 3. The number of nitriles is 1. The average Bonchev–Trinajstić information content (AvgIpc) is 3.54. The van der Waals surface area contributed by atoms with Gasteiger partial charge >= 0.3 is 6.18 Å². The van der Waals surface area contributed by atoms with E-state index in [1.165, 1.54) is 25.4 Å². The van der Waals surface area contributed by atoms with Gasteiger partial charge in [-0.2, -0.15) is 28.2 Å². The SMILES string of the molecule is CCS(=O)(=O)c1cc(C2(C#N)CC2)cnc1-n1ncc2ccc(C(F)(F)F)cc2c1=O. The summed E-state index contributed by atoms with van der Waals surface area (Å²) in [6.45, 7) is 1.41. The Labute approximate surface area is 174 Å². The molecule has 1 aromatic carbocycles. The fraction of sp³-hybridized carbons (Fsp3) is 0.300. The summed E-state index contributed by atoms with van der Waals surface area (Å²) in [5.41, 5.74) is -2.34. The molecule has 0 unspecified atom stereocenters. The van der Waals surface area contributed by atoms with Crippen LogP contribution in [0.2, 0.25) is 0 Å². The summed E-state index contributed by atoms with van der Waals surface area (Å²) >= 11 is 0. The van der Waals surface area contributed by atoms with Crippen LogP contribution in [0.1, 0.15) is 30.9 Å². The van der Waals surface area contributed by atoms with Gasteiger partial charge in [0.25, 0.3) is 5.56 Å². The molecule has 0 radical (unpaired) electrons. The van der Waals surface area contributed by atoms with Crippen LogP contribution in [0.5, 0.6) is 0 Å². The molecule has 2 heterocycles. The smallest absolute Gasteiger partial charge is 0.267 e. The highest BCUT2D eigenvalue weighted by Crippen LogP contribution is 2.48. The van der Waals surface area contributed by atoms with Crippen molar-refractivity contribution >= 4 is 20.6 Å². The van der Waals surface area contributed by atoms with Gasteiger partial charge in [0, 0.05) is 11.6 Å². The first-order chi connectivity index (χ1) is 14.5. The lowest BCUT2D eigenvalue weighted by Gasteiger charge is -2.14. The van der Waals surface area contributed by atoms with E-state index < -0.39 is 32.6 Å². The topological polar surface area (TPSA) is 106 Å². The van der Waals surface area contributed by atoms with E-state index in [1.54, 1.807) is 0 Å². The van der Waals surface area contributed by atoms with E-state index in [-0.39, 0.29) is 27.2 Å². The van der Waals surface area contributed by atoms with Crippen molar-refractivity contribution in [1.29, 1.82) is 5.26 Å². The number of rotatable bonds is 4. The lowest BCUT2D eigenvalue weighted by molar-refractivity contribution is -0.137. The molecule has 1 aliphatic rings. The number of fused-ring (bicyclic) bond motifs is 1. The number of pyridine rings is 1. The third-order valence-corrected chi connectivity index (χ3v) is 7.11. The molecule has 11 heteroatoms. The first-order valence-electron chi connectivity index (χ1n) is 9.26. The van der Waals surface area contributed by atoms with E-state index in [2.05, 4.69) is 16.2 Å². The molecule has 2 aromatic heterocycles. The highest BCUT2D eigenvalue weighted by molar-refractivity contribution is 7.91. The van der Waals surface area contributed by atoms with Crippen LogP contribution in [0.4, 0.5) is 13.2 Å². The minimum Gasteiger partial charge on any atom is -0.267 e. The molecule has 31 heavy (non-hydrogen) atoms. The first kappa shape index (κ1) is 21.0. The highest BCUT2D eigenvalue weighted by Gasteiger charge is 2.46. The van der Waals surface area contributed by atoms with Crippen LogP contribution in [0.15, 0.2) is 46.3 Å². The molecule has 160 valence electrons. The molecule has 4 rings (SSSR count). The molecule has 0 bridgehead atoms. The average molecular weight is 448 g/mol. The van der Waals surface area contributed by atoms with Crippen molar-refractivity contribution < 1.29 is 21.6 Å². The van der Waals surface area contributed by atoms with Crippen LogP contribution in [-0.2, 0) is 21.4 Å². The van der Waals surface area contributed by atoms with Gasteiger partial charge in [-0.1, -0.05) is 13.0 Å². The third-order valence-electron chi connectivity index (χ3n) is 5.38. The van der Waals surface area contributed by atoms with Crippen molar-refractivity contribution in [3.63, 3.8) is 0 Å². The molecular formula is C20H15F3N4O3S. The van der Waals surface area contributed by atoms with E-state index in [0.29, 0.717) is 29.2 Å². The number of nitrogens with zero attached hydrogens (tertiary/aromatic N) is 4. The molecule has 0 spiro atoms. The maximum absolute atomic E-state index is 13.1. The Morgan fingerprint density at radius 1 is 1.23 bits per heavy atom. The predicted molar refractivity (Wildman–Crippen MR) is 104 cm³/mol. The maximum Gasteiger partial charge on any atom is 0.416 e. The largest absolute Gasteiger partial charge is 0.416 e. The number of sulfone groups is 1. The molecule has 0 N–H and O–H groups in total. The molecule has 3 aromatic rings. The zero-order chi connectivity index (χ0) is 22.6. The Balaban J connectivity index is 1.98. The Kier molecular flexibility index (Phi) is 4.66. The molecule has 1 fully saturated rings. The molecule has 0 aliphatic heterocycles. The molecule has 1 aliphatic carbocycles. The second kappa shape index (κ2) is 6.88. The predicted octanol–water partition coefficient (Wildman–Crippen LogP) is 3.15. The van der Waals surface area contributed by atoms with Gasteiger partial charge in [-0.15, -0.1) is 0 Å². The highest BCUT2D eigenvalue weighted by atomic mass is 32.2. The zero-order valence-corrected chi connectivity index (χ0v) is 17.0. The normalized spacial score (nSPS) is 15.6. The summed E-state index contributed by atoms with van der Waals surface area (Å²) in [5.74, 6) is -0.616. The number of benzene rings is 1. The Morgan fingerprint density at radius 3 is 2.52 bits per heavy atom. The Morgan fingerprint density at radius 2 is 1.94 bits per heavy atom. The fourth-order valence-electron chi connectivity index (χ4n) is 3.30. The molecular weight excluding hydrogens is 433 g/mol. The van der Waals surface area contributed by atoms with E-state index in [1.807, 2.05) is 0 Å². The van der Waals surface area contributed by atoms with Crippen LogP contribution >= 0.6 is 0 Å². The van der Waals surface area contributed by atoms with Crippen LogP contribution in [0.3, 0.4) is 0 Å². The van der Waals surface area contributed by atoms with E-state index in [9.17, 15) is 31.6 Å². The van der Waals surface area contributed by atoms with Crippen LogP contribution in [0, 0.1) is 11.3 Å². The van der Waals surface area contributed by atoms with Gasteiger partial charge in [-0.25, -0.2) is 13.4 Å². The van der Waals surface area contributed by atoms with Crippen molar-refractivity contribution in [1.82, 2.24) is 14.8 Å². The van der Waals surface area contributed by atoms with Gasteiger partial charge in [0.15, 0.2) is 15.7 Å². The quantitative estimate of drug-likeness (QED) is 0.607. The summed E-state index contributed by atoms with van der Waals surface area (Å²) in [6.07, 6.45) is -1.05. The standard InChI is InChI=1S/C20H15F3N4O3S/c1-2-31(29,30)16-8-14(19(11-24)5-6-19)10-25-17(16)27-18(28)15-7-13(20(21,22)23)4-3-12(15)9-26-27/h3-4,7-10H,2,5-6H2,1H3. The van der Waals surface area contributed by atoms with E-state index in [4.69, 9.17) is 0 Å². The number of hydrogen-bond donors (Lipinski definition) is 0. The monoisotopic (exact) mass is 448 g/mol. The van der Waals surface area contributed by atoms with Crippen LogP contribution in [0.25, 0.3) is 16.6 Å². The second-order valence-electron chi connectivity index (χ2n) is 7.30. The minimum absolute atomic E-state index is 0.173. The summed E-state index contributed by atoms with van der Waals surface area (Å²) in [5, 5.41) is 13.3. The van der Waals surface area contributed by atoms with Gasteiger partial charge in [0.05, 0.1) is 34.4 Å². The molecule has 0 amide bonds. The van der Waals surface area contributed by atoms with Gasteiger partial charge in [-0.05, 0) is 36.6 Å². The van der Waals surface area contributed by atoms with E-state index >= 15 is 0 Å². The third kappa shape index (κ3) is 3.46. The number of hydrogen-bond acceptors (Lipinski definition) is 6. The number of aromatic nitrogens is 3. The van der Waals surface area contributed by atoms with Crippen molar-refractivity contribution in [3.05, 3.63) is 58.1 Å². The van der Waals surface area contributed by atoms with Crippen LogP contribution in [-0.4, -0.2) is 28.9 Å². The summed E-state index contributed by atoms with van der Waals surface area (Å²) in [7, 11) is -3.89. The summed E-state index contributed by atoms with van der Waals surface area (Å²) in [6, 6.07) is 6.13. The lowest BCUT2D eigenvalue weighted by atomic mass is 10.00. The first-order valence-corrected chi connectivity index (χ1v) is 10.9. The minimum atomic E-state index is -4.65. The zero-order valence-electron chi connectivity index (χ0n) is 16.1. The molecule has 0 atom stereocenters. The van der Waals surface area contributed by atoms with Crippen molar-refractivity contribution in [2.45, 2.75) is 36.3 Å². The second-order valence-corrected chi connectivity index (χ2v) is 9.55. The van der Waals surface area contributed by atoms with Crippen molar-refractivity contribution in [3.8, 4) is 11.9 Å². The maximum atomic E-state index is 13.1. The van der Waals surface area contributed by atoms with E-state index in [0.717, 1.165) is 12.1 Å². The lowest BCUT2D eigenvalue weighted by Crippen LogP contribution is -2.25. The summed E-state index contributed by atoms with van der Waals surface area (Å²) in [4.78, 5) is 16.8. The van der Waals surface area contributed by atoms with Crippen molar-refractivity contribution in [2.75, 3.05) is 5.75 Å². The molecule has 1 saturated carbocycles. The van der Waals surface area contributed by atoms with Crippen molar-refractivity contribution in [2.24, 2.45) is 0 Å². The summed E-state index contributed by atoms with van der Waals surface area (Å²) < 4.78 is 65.4. The van der Waals surface area contributed by atoms with Crippen LogP contribution < -0.4 is 5.56 Å². The van der Waals surface area contributed by atoms with Gasteiger partial charge < -0.3 is 0 Å². The molecule has 7 nitrogen and oxygen atoms in total. The molecule has 0 saturated heterocycles. The fourth-order valence-corrected chi connectivity index (χ4v) is 4.34. The number of halogens is 3. The Bertz CT molecular complexity index is 1420. The Hall–Kier alpha value is -3.26. The van der Waals surface area contributed by atoms with Gasteiger partial charge in [0.1, 0.15) is 4.90 Å². The van der Waals surface area contributed by atoms with Gasteiger partial charge in [-0.3, -0.25) is 4.79 Å².